The van der Waals surface area contributed by atoms with E-state index in [1.165, 1.54) is 12.0 Å². The molecule has 0 radical (unpaired) electrons. The second-order valence-corrected chi connectivity index (χ2v) is 6.05. The fourth-order valence-electron chi connectivity index (χ4n) is 2.45. The van der Waals surface area contributed by atoms with Gasteiger partial charge >= 0.3 is 12.1 Å². The Morgan fingerprint density at radius 1 is 1.32 bits per heavy atom. The van der Waals surface area contributed by atoms with Crippen molar-refractivity contribution in [2.45, 2.75) is 39.8 Å². The maximum absolute atomic E-state index is 11.6. The van der Waals surface area contributed by atoms with Crippen molar-refractivity contribution in [3.63, 3.8) is 0 Å². The van der Waals surface area contributed by atoms with Crippen molar-refractivity contribution in [2.24, 2.45) is 5.41 Å². The minimum Gasteiger partial charge on any atom is -0.468 e. The highest BCUT2D eigenvalue weighted by Gasteiger charge is 2.40. The first-order valence-electron chi connectivity index (χ1n) is 6.50. The minimum absolute atomic E-state index is 0.133. The van der Waals surface area contributed by atoms with E-state index in [0.717, 1.165) is 0 Å². The Labute approximate surface area is 114 Å². The van der Waals surface area contributed by atoms with Crippen LogP contribution in [0.5, 0.6) is 0 Å². The molecule has 0 bridgehead atoms. The number of piperazine rings is 1. The molecule has 6 heteroatoms. The summed E-state index contributed by atoms with van der Waals surface area (Å²) in [7, 11) is 1.37. The molecule has 19 heavy (non-hydrogen) atoms. The van der Waals surface area contributed by atoms with E-state index in [2.05, 4.69) is 0 Å². The maximum atomic E-state index is 11.6. The van der Waals surface area contributed by atoms with Gasteiger partial charge in [-0.1, -0.05) is 20.8 Å². The number of methoxy groups -OCH3 is 1. The number of nitrogens with zero attached hydrogens (tertiary/aromatic N) is 2. The summed E-state index contributed by atoms with van der Waals surface area (Å²) in [5, 5.41) is 9.27. The minimum atomic E-state index is -0.898. The zero-order valence-corrected chi connectivity index (χ0v) is 12.3. The van der Waals surface area contributed by atoms with Crippen molar-refractivity contribution in [3.8, 4) is 0 Å². The van der Waals surface area contributed by atoms with E-state index in [9.17, 15) is 14.7 Å². The van der Waals surface area contributed by atoms with Crippen LogP contribution in [0.1, 0.15) is 27.7 Å². The van der Waals surface area contributed by atoms with Gasteiger partial charge in [-0.05, 0) is 12.3 Å². The maximum Gasteiger partial charge on any atom is 0.407 e. The predicted molar refractivity (Wildman–Crippen MR) is 71.0 cm³/mol. The number of hydrogen-bond acceptors (Lipinski definition) is 4. The molecule has 0 aromatic heterocycles. The molecule has 1 heterocycles. The van der Waals surface area contributed by atoms with Gasteiger partial charge in [-0.25, -0.2) is 4.79 Å². The van der Waals surface area contributed by atoms with Crippen molar-refractivity contribution in [2.75, 3.05) is 26.7 Å². The van der Waals surface area contributed by atoms with E-state index < -0.39 is 6.09 Å². The lowest BCUT2D eigenvalue weighted by Crippen LogP contribution is -2.61. The first-order chi connectivity index (χ1) is 8.68. The number of carbonyl (C=O) groups excluding carboxylic acids is 1. The van der Waals surface area contributed by atoms with Gasteiger partial charge < -0.3 is 14.7 Å². The zero-order valence-electron chi connectivity index (χ0n) is 12.3. The number of amides is 1. The molecular weight excluding hydrogens is 248 g/mol. The Bertz CT molecular complexity index is 351. The van der Waals surface area contributed by atoms with E-state index in [0.29, 0.717) is 19.6 Å². The highest BCUT2D eigenvalue weighted by Crippen LogP contribution is 2.28. The molecule has 6 nitrogen and oxygen atoms in total. The second-order valence-electron chi connectivity index (χ2n) is 6.05. The van der Waals surface area contributed by atoms with Crippen LogP contribution in [-0.2, 0) is 9.53 Å². The van der Waals surface area contributed by atoms with E-state index >= 15 is 0 Å². The molecule has 0 aromatic carbocycles. The molecule has 2 unspecified atom stereocenters. The quantitative estimate of drug-likeness (QED) is 0.766. The predicted octanol–water partition coefficient (Wildman–Crippen LogP) is 1.26. The lowest BCUT2D eigenvalue weighted by Gasteiger charge is -2.47. The number of hydrogen-bond donors (Lipinski definition) is 1. The lowest BCUT2D eigenvalue weighted by molar-refractivity contribution is -0.147. The van der Waals surface area contributed by atoms with Gasteiger partial charge in [0, 0.05) is 19.6 Å². The average molecular weight is 272 g/mol. The molecule has 0 saturated carbocycles. The Balaban J connectivity index is 2.85. The molecule has 1 rings (SSSR count). The molecule has 0 spiro atoms. The van der Waals surface area contributed by atoms with Gasteiger partial charge in [0.25, 0.3) is 0 Å². The van der Waals surface area contributed by atoms with Crippen LogP contribution in [0.25, 0.3) is 0 Å². The van der Waals surface area contributed by atoms with E-state index in [1.54, 1.807) is 6.92 Å². The summed E-state index contributed by atoms with van der Waals surface area (Å²) in [6.45, 7) is 9.35. The standard InChI is InChI=1S/C13H24N2O4/c1-9(11(16)19-5)14-6-7-15(12(17)18)10(8-14)13(2,3)4/h9-10H,6-8H2,1-5H3,(H,17,18). The van der Waals surface area contributed by atoms with Crippen LogP contribution in [0.2, 0.25) is 0 Å². The van der Waals surface area contributed by atoms with E-state index in [1.807, 2.05) is 25.7 Å². The second kappa shape index (κ2) is 5.77. The summed E-state index contributed by atoms with van der Waals surface area (Å²) < 4.78 is 4.75. The molecule has 0 aromatic rings. The summed E-state index contributed by atoms with van der Waals surface area (Å²) >= 11 is 0. The summed E-state index contributed by atoms with van der Waals surface area (Å²) in [5.74, 6) is -0.281. The van der Waals surface area contributed by atoms with Gasteiger partial charge in [-0.2, -0.15) is 0 Å². The van der Waals surface area contributed by atoms with Crippen molar-refractivity contribution in [1.29, 1.82) is 0 Å². The van der Waals surface area contributed by atoms with E-state index in [-0.39, 0.29) is 23.5 Å². The van der Waals surface area contributed by atoms with Crippen LogP contribution >= 0.6 is 0 Å². The topological polar surface area (TPSA) is 70.1 Å². The molecule has 1 saturated heterocycles. The number of rotatable bonds is 2. The number of carboxylic acid groups (broad SMARTS) is 1. The molecule has 1 amide bonds. The van der Waals surface area contributed by atoms with Crippen LogP contribution in [0.4, 0.5) is 4.79 Å². The molecule has 1 fully saturated rings. The largest absolute Gasteiger partial charge is 0.468 e. The van der Waals surface area contributed by atoms with Crippen LogP contribution in [0.15, 0.2) is 0 Å². The molecular formula is C13H24N2O4. The molecule has 0 aliphatic carbocycles. The van der Waals surface area contributed by atoms with E-state index in [4.69, 9.17) is 4.74 Å². The van der Waals surface area contributed by atoms with Crippen molar-refractivity contribution in [3.05, 3.63) is 0 Å². The van der Waals surface area contributed by atoms with Crippen LogP contribution < -0.4 is 0 Å². The van der Waals surface area contributed by atoms with Crippen molar-refractivity contribution in [1.82, 2.24) is 9.80 Å². The Kier molecular flexibility index (Phi) is 4.79. The Morgan fingerprint density at radius 3 is 2.32 bits per heavy atom. The van der Waals surface area contributed by atoms with Crippen molar-refractivity contribution >= 4 is 12.1 Å². The van der Waals surface area contributed by atoms with Crippen LogP contribution in [-0.4, -0.2) is 65.8 Å². The molecule has 2 atom stereocenters. The highest BCUT2D eigenvalue weighted by molar-refractivity contribution is 5.75. The molecule has 1 aliphatic rings. The fourth-order valence-corrected chi connectivity index (χ4v) is 2.45. The molecule has 1 N–H and O–H groups in total. The highest BCUT2D eigenvalue weighted by atomic mass is 16.5. The number of esters is 1. The van der Waals surface area contributed by atoms with Gasteiger partial charge in [0.2, 0.25) is 0 Å². The smallest absolute Gasteiger partial charge is 0.407 e. The Hall–Kier alpha value is -1.30. The fraction of sp³-hybridized carbons (Fsp3) is 0.846. The third kappa shape index (κ3) is 3.59. The SMILES string of the molecule is COC(=O)C(C)N1CCN(C(=O)O)C(C(C)(C)C)C1. The van der Waals surface area contributed by atoms with Gasteiger partial charge in [0.15, 0.2) is 0 Å². The third-order valence-corrected chi connectivity index (χ3v) is 3.75. The normalized spacial score (nSPS) is 23.0. The average Bonchev–Trinajstić information content (AvgIpc) is 2.35. The van der Waals surface area contributed by atoms with Gasteiger partial charge in [0.05, 0.1) is 13.2 Å². The third-order valence-electron chi connectivity index (χ3n) is 3.75. The first kappa shape index (κ1) is 15.8. The van der Waals surface area contributed by atoms with Gasteiger partial charge in [0.1, 0.15) is 6.04 Å². The number of carbonyl (C=O) groups is 2. The van der Waals surface area contributed by atoms with Crippen molar-refractivity contribution < 1.29 is 19.4 Å². The lowest BCUT2D eigenvalue weighted by atomic mass is 9.84. The Morgan fingerprint density at radius 2 is 1.89 bits per heavy atom. The van der Waals surface area contributed by atoms with Crippen LogP contribution in [0, 0.1) is 5.41 Å². The summed E-state index contributed by atoms with van der Waals surface area (Å²) in [6.07, 6.45) is -0.898. The van der Waals surface area contributed by atoms with Gasteiger partial charge in [-0.3, -0.25) is 9.69 Å². The summed E-state index contributed by atoms with van der Waals surface area (Å²) in [4.78, 5) is 26.3. The zero-order chi connectivity index (χ0) is 14.8. The summed E-state index contributed by atoms with van der Waals surface area (Å²) in [6, 6.07) is -0.475. The van der Waals surface area contributed by atoms with Crippen LogP contribution in [0.3, 0.4) is 0 Å². The number of ether oxygens (including phenoxy) is 1. The molecule has 1 aliphatic heterocycles. The molecule has 110 valence electrons. The monoisotopic (exact) mass is 272 g/mol. The first-order valence-corrected chi connectivity index (χ1v) is 6.50. The van der Waals surface area contributed by atoms with Gasteiger partial charge in [-0.15, -0.1) is 0 Å². The summed E-state index contributed by atoms with van der Waals surface area (Å²) in [5.41, 5.74) is -0.174.